The minimum absolute atomic E-state index is 0.0690. The Morgan fingerprint density at radius 3 is 3.00 bits per heavy atom. The van der Waals surface area contributed by atoms with Crippen molar-refractivity contribution in [2.45, 2.75) is 45.2 Å². The zero-order valence-corrected chi connectivity index (χ0v) is 18.1. The van der Waals surface area contributed by atoms with Gasteiger partial charge in [-0.1, -0.05) is 6.92 Å². The third kappa shape index (κ3) is 3.26. The number of fused-ring (bicyclic) bond motifs is 2. The number of hydrogen-bond acceptors (Lipinski definition) is 5. The van der Waals surface area contributed by atoms with Gasteiger partial charge in [0, 0.05) is 72.5 Å². The zero-order chi connectivity index (χ0) is 21.4. The first-order chi connectivity index (χ1) is 15.2. The molecule has 0 bridgehead atoms. The monoisotopic (exact) mass is 419 g/mol. The highest BCUT2D eigenvalue weighted by Crippen LogP contribution is 2.40. The minimum Gasteiger partial charge on any atom is -0.396 e. The van der Waals surface area contributed by atoms with E-state index in [1.807, 2.05) is 29.3 Å². The molecule has 4 aromatic rings. The number of aryl methyl sites for hydroxylation is 2. The van der Waals surface area contributed by atoms with Crippen LogP contribution in [0.1, 0.15) is 32.4 Å². The summed E-state index contributed by atoms with van der Waals surface area (Å²) in [6.45, 7) is 7.85. The van der Waals surface area contributed by atoms with Gasteiger partial charge in [0.05, 0.1) is 11.4 Å². The summed E-state index contributed by atoms with van der Waals surface area (Å²) in [5.41, 5.74) is 6.09. The topological polar surface area (TPSA) is 96.6 Å². The fraction of sp³-hybridized carbons (Fsp3) is 0.435. The van der Waals surface area contributed by atoms with E-state index >= 15 is 0 Å². The number of nitrogens with zero attached hydrogens (tertiary/aromatic N) is 5. The van der Waals surface area contributed by atoms with Gasteiger partial charge in [0.15, 0.2) is 0 Å². The quantitative estimate of drug-likeness (QED) is 0.408. The highest BCUT2D eigenvalue weighted by atomic mass is 16.3. The van der Waals surface area contributed by atoms with E-state index in [4.69, 9.17) is 5.10 Å². The SMILES string of the molecule is CCNCC1(CCO)CCn2nc(-c3cnc4[nH]cc(-c5ccnn5CC)c4c3)cc21. The lowest BCUT2D eigenvalue weighted by Gasteiger charge is -2.28. The maximum atomic E-state index is 9.72. The van der Waals surface area contributed by atoms with Crippen LogP contribution in [0.15, 0.2) is 36.8 Å². The zero-order valence-electron chi connectivity index (χ0n) is 18.1. The van der Waals surface area contributed by atoms with E-state index in [2.05, 4.69) is 51.0 Å². The molecular formula is C23H29N7O. The second-order valence-corrected chi connectivity index (χ2v) is 8.28. The van der Waals surface area contributed by atoms with Crippen molar-refractivity contribution in [1.29, 1.82) is 0 Å². The van der Waals surface area contributed by atoms with Gasteiger partial charge in [-0.3, -0.25) is 9.36 Å². The maximum absolute atomic E-state index is 9.72. The lowest BCUT2D eigenvalue weighted by atomic mass is 9.80. The third-order valence-electron chi connectivity index (χ3n) is 6.55. The summed E-state index contributed by atoms with van der Waals surface area (Å²) in [6, 6.07) is 6.39. The van der Waals surface area contributed by atoms with Gasteiger partial charge < -0.3 is 15.4 Å². The predicted octanol–water partition coefficient (Wildman–Crippen LogP) is 2.94. The smallest absolute Gasteiger partial charge is 0.137 e. The molecule has 0 saturated heterocycles. The van der Waals surface area contributed by atoms with Crippen LogP contribution in [0, 0.1) is 0 Å². The van der Waals surface area contributed by atoms with Crippen molar-refractivity contribution in [2.24, 2.45) is 0 Å². The van der Waals surface area contributed by atoms with Gasteiger partial charge in [0.2, 0.25) is 0 Å². The second kappa shape index (κ2) is 7.94. The van der Waals surface area contributed by atoms with E-state index < -0.39 is 0 Å². The van der Waals surface area contributed by atoms with Crippen molar-refractivity contribution < 1.29 is 5.11 Å². The van der Waals surface area contributed by atoms with Crippen LogP contribution in [-0.2, 0) is 18.5 Å². The molecule has 31 heavy (non-hydrogen) atoms. The molecule has 1 aliphatic rings. The molecule has 8 nitrogen and oxygen atoms in total. The number of H-pyrrole nitrogens is 1. The molecule has 0 aliphatic carbocycles. The number of aliphatic hydroxyl groups excluding tert-OH is 1. The summed E-state index contributed by atoms with van der Waals surface area (Å²) in [4.78, 5) is 7.95. The number of aliphatic hydroxyl groups is 1. The van der Waals surface area contributed by atoms with E-state index in [9.17, 15) is 5.11 Å². The third-order valence-corrected chi connectivity index (χ3v) is 6.55. The lowest BCUT2D eigenvalue weighted by molar-refractivity contribution is 0.231. The Morgan fingerprint density at radius 2 is 2.19 bits per heavy atom. The molecule has 0 amide bonds. The van der Waals surface area contributed by atoms with Crippen LogP contribution in [0.3, 0.4) is 0 Å². The number of hydrogen-bond donors (Lipinski definition) is 3. The number of likely N-dealkylation sites (N-methyl/N-ethyl adjacent to an activating group) is 1. The molecule has 1 unspecified atom stereocenters. The van der Waals surface area contributed by atoms with Crippen LogP contribution in [0.25, 0.3) is 33.5 Å². The second-order valence-electron chi connectivity index (χ2n) is 8.28. The van der Waals surface area contributed by atoms with Gasteiger partial charge in [-0.2, -0.15) is 10.2 Å². The van der Waals surface area contributed by atoms with Crippen LogP contribution < -0.4 is 5.32 Å². The highest BCUT2D eigenvalue weighted by molar-refractivity contribution is 5.94. The summed E-state index contributed by atoms with van der Waals surface area (Å²) in [6.07, 6.45) is 7.46. The van der Waals surface area contributed by atoms with Crippen LogP contribution in [-0.4, -0.2) is 54.3 Å². The Labute approximate surface area is 181 Å². The molecule has 5 rings (SSSR count). The lowest BCUT2D eigenvalue weighted by Crippen LogP contribution is -2.37. The summed E-state index contributed by atoms with van der Waals surface area (Å²) < 4.78 is 4.10. The molecule has 162 valence electrons. The normalized spacial score (nSPS) is 18.2. The van der Waals surface area contributed by atoms with Crippen LogP contribution in [0.2, 0.25) is 0 Å². The van der Waals surface area contributed by atoms with Crippen molar-refractivity contribution in [3.8, 4) is 22.5 Å². The van der Waals surface area contributed by atoms with E-state index in [1.165, 1.54) is 5.69 Å². The Balaban J connectivity index is 1.55. The van der Waals surface area contributed by atoms with Crippen LogP contribution in [0.5, 0.6) is 0 Å². The molecule has 0 aromatic carbocycles. The van der Waals surface area contributed by atoms with Crippen molar-refractivity contribution >= 4 is 11.0 Å². The molecule has 8 heteroatoms. The summed E-state index contributed by atoms with van der Waals surface area (Å²) in [5.74, 6) is 0. The number of nitrogens with one attached hydrogen (secondary N) is 2. The van der Waals surface area contributed by atoms with Crippen LogP contribution in [0.4, 0.5) is 0 Å². The molecule has 3 N–H and O–H groups in total. The van der Waals surface area contributed by atoms with E-state index in [1.54, 1.807) is 0 Å². The average Bonchev–Trinajstić information content (AvgIpc) is 3.55. The summed E-state index contributed by atoms with van der Waals surface area (Å²) >= 11 is 0. The maximum Gasteiger partial charge on any atom is 0.137 e. The predicted molar refractivity (Wildman–Crippen MR) is 121 cm³/mol. The number of aromatic amines is 1. The summed E-state index contributed by atoms with van der Waals surface area (Å²) in [7, 11) is 0. The first kappa shape index (κ1) is 20.0. The Hall–Kier alpha value is -2.97. The first-order valence-corrected chi connectivity index (χ1v) is 11.1. The van der Waals surface area contributed by atoms with E-state index in [-0.39, 0.29) is 12.0 Å². The molecule has 5 heterocycles. The molecule has 1 aliphatic heterocycles. The molecule has 4 aromatic heterocycles. The van der Waals surface area contributed by atoms with Gasteiger partial charge >= 0.3 is 0 Å². The van der Waals surface area contributed by atoms with Crippen molar-refractivity contribution in [2.75, 3.05) is 19.7 Å². The van der Waals surface area contributed by atoms with Crippen molar-refractivity contribution in [3.63, 3.8) is 0 Å². The molecule has 0 radical (unpaired) electrons. The molecule has 0 fully saturated rings. The minimum atomic E-state index is -0.0690. The number of aromatic nitrogens is 6. The molecule has 1 atom stereocenters. The molecule has 0 saturated carbocycles. The van der Waals surface area contributed by atoms with Crippen molar-refractivity contribution in [1.82, 2.24) is 34.8 Å². The highest BCUT2D eigenvalue weighted by Gasteiger charge is 2.39. The first-order valence-electron chi connectivity index (χ1n) is 11.1. The standard InChI is InChI=1S/C23H29N7O/c1-3-24-15-23(7-10-31)6-9-30-21(23)12-19(28-30)16-11-17-18(14-26-22(17)25-13-16)20-5-8-27-29(20)4-2/h5,8,11-14,24,31H,3-4,6-7,9-10,15H2,1-2H3,(H,25,26). The van der Waals surface area contributed by atoms with Gasteiger partial charge in [-0.05, 0) is 44.5 Å². The van der Waals surface area contributed by atoms with Gasteiger partial charge in [0.1, 0.15) is 5.65 Å². The average molecular weight is 420 g/mol. The fourth-order valence-corrected chi connectivity index (χ4v) is 4.87. The van der Waals surface area contributed by atoms with Gasteiger partial charge in [-0.25, -0.2) is 4.98 Å². The summed E-state index contributed by atoms with van der Waals surface area (Å²) in [5, 5.41) is 23.6. The van der Waals surface area contributed by atoms with E-state index in [0.29, 0.717) is 0 Å². The number of rotatable bonds is 8. The number of pyridine rings is 1. The largest absolute Gasteiger partial charge is 0.396 e. The Bertz CT molecular complexity index is 1200. The Kier molecular flexibility index (Phi) is 5.11. The Morgan fingerprint density at radius 1 is 1.29 bits per heavy atom. The fourth-order valence-electron chi connectivity index (χ4n) is 4.87. The van der Waals surface area contributed by atoms with Crippen LogP contribution >= 0.6 is 0 Å². The molecular weight excluding hydrogens is 390 g/mol. The van der Waals surface area contributed by atoms with Gasteiger partial charge in [0.25, 0.3) is 0 Å². The van der Waals surface area contributed by atoms with E-state index in [0.717, 1.165) is 72.6 Å². The van der Waals surface area contributed by atoms with Gasteiger partial charge in [-0.15, -0.1) is 0 Å². The molecule has 0 spiro atoms. The van der Waals surface area contributed by atoms with Crippen molar-refractivity contribution in [3.05, 3.63) is 42.5 Å².